The van der Waals surface area contributed by atoms with Gasteiger partial charge in [0, 0.05) is 0 Å². The van der Waals surface area contributed by atoms with E-state index in [-0.39, 0.29) is 5.17 Å². The second-order valence-corrected chi connectivity index (χ2v) is 5.98. The molecule has 0 aliphatic rings. The molecule has 1 atom stereocenters. The van der Waals surface area contributed by atoms with Gasteiger partial charge in [0.25, 0.3) is 0 Å². The van der Waals surface area contributed by atoms with Crippen LogP contribution in [0.15, 0.2) is 0 Å². The second kappa shape index (κ2) is 19.0. The van der Waals surface area contributed by atoms with Gasteiger partial charge in [-0.2, -0.15) is 0 Å². The Kier molecular flexibility index (Phi) is 21.1. The number of nitrogens with two attached hydrogens (primary N) is 1. The first kappa shape index (κ1) is 22.3. The Morgan fingerprint density at radius 2 is 1.45 bits per heavy atom. The number of amidine groups is 1. The molecule has 0 aromatic heterocycles. The highest BCUT2D eigenvalue weighted by molar-refractivity contribution is 7.96. The van der Waals surface area contributed by atoms with E-state index in [0.717, 1.165) is 12.8 Å². The lowest BCUT2D eigenvalue weighted by atomic mass is 10.1. The summed E-state index contributed by atoms with van der Waals surface area (Å²) in [6.07, 6.45) is 12.7. The van der Waals surface area contributed by atoms with Crippen LogP contribution in [0, 0.1) is 5.41 Å². The molecule has 20 heavy (non-hydrogen) atoms. The van der Waals surface area contributed by atoms with Gasteiger partial charge in [0.1, 0.15) is 5.17 Å². The Labute approximate surface area is 129 Å². The van der Waals surface area contributed by atoms with Crippen molar-refractivity contribution in [1.82, 2.24) is 0 Å². The van der Waals surface area contributed by atoms with Gasteiger partial charge in [0.2, 0.25) is 0 Å². The van der Waals surface area contributed by atoms with Crippen molar-refractivity contribution < 1.29 is 14.0 Å². The fourth-order valence-corrected chi connectivity index (χ4v) is 2.07. The number of rotatable bonds is 12. The minimum absolute atomic E-state index is 0.139. The van der Waals surface area contributed by atoms with Crippen molar-refractivity contribution in [3.63, 3.8) is 0 Å². The van der Waals surface area contributed by atoms with Crippen molar-refractivity contribution in [2.45, 2.75) is 71.1 Å². The van der Waals surface area contributed by atoms with E-state index >= 15 is 0 Å². The Morgan fingerprint density at radius 1 is 1.10 bits per heavy atom. The van der Waals surface area contributed by atoms with Crippen molar-refractivity contribution in [2.75, 3.05) is 6.61 Å². The average molecular weight is 326 g/mol. The molecule has 0 rings (SSSR count). The molecule has 5 nitrogen and oxygen atoms in total. The lowest BCUT2D eigenvalue weighted by molar-refractivity contribution is 0.273. The highest BCUT2D eigenvalue weighted by atomic mass is 32.1. The van der Waals surface area contributed by atoms with Crippen molar-refractivity contribution in [3.8, 4) is 0 Å². The molecule has 0 spiro atoms. The summed E-state index contributed by atoms with van der Waals surface area (Å²) < 4.78 is 14.8. The van der Waals surface area contributed by atoms with E-state index in [4.69, 9.17) is 10.3 Å². The smallest absolute Gasteiger partial charge is 0.316 e. The first-order valence-corrected chi connectivity index (χ1v) is 9.10. The third kappa shape index (κ3) is 30.8. The summed E-state index contributed by atoms with van der Waals surface area (Å²) in [4.78, 5) is 8.42. The number of hydrogen-bond donors (Lipinski definition) is 4. The molecule has 1 unspecified atom stereocenters. The highest BCUT2D eigenvalue weighted by Crippen LogP contribution is 2.16. The van der Waals surface area contributed by atoms with Crippen molar-refractivity contribution in [2.24, 2.45) is 5.73 Å². The summed E-state index contributed by atoms with van der Waals surface area (Å²) in [6.45, 7) is 2.67. The number of thiol groups is 1. The van der Waals surface area contributed by atoms with E-state index in [9.17, 15) is 4.57 Å². The average Bonchev–Trinajstić information content (AvgIpc) is 2.35. The molecule has 0 saturated carbocycles. The summed E-state index contributed by atoms with van der Waals surface area (Å²) in [5.41, 5.74) is 4.56. The normalized spacial score (nSPS) is 11.6. The Balaban J connectivity index is 0. The molecule has 122 valence electrons. The maximum Gasteiger partial charge on any atom is 0.316 e. The Morgan fingerprint density at radius 3 is 1.80 bits per heavy atom. The van der Waals surface area contributed by atoms with Crippen LogP contribution in [-0.2, 0) is 9.09 Å². The lowest BCUT2D eigenvalue weighted by Gasteiger charge is -2.02. The lowest BCUT2D eigenvalue weighted by Crippen LogP contribution is -1.96. The fourth-order valence-electron chi connectivity index (χ4n) is 1.75. The first-order valence-electron chi connectivity index (χ1n) is 7.39. The monoisotopic (exact) mass is 326 g/mol. The zero-order valence-electron chi connectivity index (χ0n) is 12.6. The van der Waals surface area contributed by atoms with Gasteiger partial charge in [0.05, 0.1) is 6.61 Å². The van der Waals surface area contributed by atoms with E-state index in [1.165, 1.54) is 51.4 Å². The fraction of sp³-hybridized carbons (Fsp3) is 0.923. The number of hydrogen-bond acceptors (Lipinski definition) is 3. The molecule has 0 aromatic carbocycles. The number of nitrogens with one attached hydrogen (secondary N) is 1. The maximum absolute atomic E-state index is 10.2. The van der Waals surface area contributed by atoms with Crippen LogP contribution in [0.1, 0.15) is 71.1 Å². The van der Waals surface area contributed by atoms with Gasteiger partial charge >= 0.3 is 8.25 Å². The third-order valence-electron chi connectivity index (χ3n) is 2.72. The van der Waals surface area contributed by atoms with E-state index in [2.05, 4.69) is 29.8 Å². The molecule has 0 aromatic rings. The van der Waals surface area contributed by atoms with Gasteiger partial charge in [0.15, 0.2) is 0 Å². The SMILES string of the molecule is CCCCCCCCCCCCO[PH](=O)O.N=C(N)S. The van der Waals surface area contributed by atoms with Crippen LogP contribution in [0.25, 0.3) is 0 Å². The van der Waals surface area contributed by atoms with Gasteiger partial charge in [-0.25, -0.2) is 0 Å². The molecule has 0 heterocycles. The molecule has 0 fully saturated rings. The third-order valence-corrected chi connectivity index (χ3v) is 3.17. The topological polar surface area (TPSA) is 96.4 Å². The highest BCUT2D eigenvalue weighted by Gasteiger charge is 1.94. The van der Waals surface area contributed by atoms with Gasteiger partial charge in [-0.15, -0.1) is 12.6 Å². The zero-order chi connectivity index (χ0) is 15.6. The quantitative estimate of drug-likeness (QED) is 0.143. The predicted octanol–water partition coefficient (Wildman–Crippen LogP) is 4.12. The molecule has 0 aliphatic carbocycles. The molecule has 0 saturated heterocycles. The molecule has 0 radical (unpaired) electrons. The molecule has 7 heteroatoms. The largest absolute Gasteiger partial charge is 0.379 e. The Bertz CT molecular complexity index is 240. The van der Waals surface area contributed by atoms with Gasteiger partial charge in [-0.3, -0.25) is 9.97 Å². The van der Waals surface area contributed by atoms with Crippen molar-refractivity contribution in [1.29, 1.82) is 5.41 Å². The van der Waals surface area contributed by atoms with Crippen LogP contribution >= 0.6 is 20.9 Å². The van der Waals surface area contributed by atoms with Crippen LogP contribution in [-0.4, -0.2) is 16.7 Å². The van der Waals surface area contributed by atoms with E-state index < -0.39 is 8.25 Å². The van der Waals surface area contributed by atoms with Crippen LogP contribution in [0.5, 0.6) is 0 Å². The van der Waals surface area contributed by atoms with Gasteiger partial charge in [-0.05, 0) is 6.42 Å². The molecular formula is C13H31N2O3PS. The minimum Gasteiger partial charge on any atom is -0.379 e. The van der Waals surface area contributed by atoms with Crippen LogP contribution in [0.2, 0.25) is 0 Å². The summed E-state index contributed by atoms with van der Waals surface area (Å²) >= 11 is 3.33. The standard InChI is InChI=1S/C12H27O3P.CH4N2S/c1-2-3-4-5-6-7-8-9-10-11-12-15-16(13)14;2-1(3)4/h16H,2-12H2,1H3,(H,13,14);(H4,2,3,4). The van der Waals surface area contributed by atoms with Crippen LogP contribution in [0.3, 0.4) is 0 Å². The van der Waals surface area contributed by atoms with E-state index in [0.29, 0.717) is 6.61 Å². The summed E-state index contributed by atoms with van der Waals surface area (Å²) in [6, 6.07) is 0. The second-order valence-electron chi connectivity index (χ2n) is 4.68. The predicted molar refractivity (Wildman–Crippen MR) is 89.9 cm³/mol. The maximum atomic E-state index is 10.2. The van der Waals surface area contributed by atoms with E-state index in [1.807, 2.05) is 0 Å². The van der Waals surface area contributed by atoms with Gasteiger partial charge < -0.3 is 15.2 Å². The molecular weight excluding hydrogens is 295 g/mol. The molecule has 0 aliphatic heterocycles. The van der Waals surface area contributed by atoms with Crippen LogP contribution in [0.4, 0.5) is 0 Å². The Hall–Kier alpha value is -0.0300. The summed E-state index contributed by atoms with van der Waals surface area (Å²) in [5.74, 6) is 0. The summed E-state index contributed by atoms with van der Waals surface area (Å²) in [5, 5.41) is 6.00. The summed E-state index contributed by atoms with van der Waals surface area (Å²) in [7, 11) is -2.69. The molecule has 0 amide bonds. The van der Waals surface area contributed by atoms with Crippen molar-refractivity contribution in [3.05, 3.63) is 0 Å². The van der Waals surface area contributed by atoms with Gasteiger partial charge in [-0.1, -0.05) is 64.7 Å². The van der Waals surface area contributed by atoms with E-state index in [1.54, 1.807) is 0 Å². The first-order chi connectivity index (χ1) is 9.50. The minimum atomic E-state index is -2.69. The molecule has 0 bridgehead atoms. The van der Waals surface area contributed by atoms with Crippen LogP contribution < -0.4 is 5.73 Å². The number of unbranched alkanes of at least 4 members (excludes halogenated alkanes) is 9. The molecule has 4 N–H and O–H groups in total. The van der Waals surface area contributed by atoms with Crippen molar-refractivity contribution >= 4 is 26.1 Å². The zero-order valence-corrected chi connectivity index (χ0v) is 14.5.